The van der Waals surface area contributed by atoms with E-state index in [1.54, 1.807) is 6.20 Å². The monoisotopic (exact) mass is 213 g/mol. The molecule has 4 heteroatoms. The van der Waals surface area contributed by atoms with Crippen LogP contribution in [0.25, 0.3) is 11.3 Å². The Hall–Kier alpha value is -2.23. The average molecular weight is 213 g/mol. The van der Waals surface area contributed by atoms with Crippen LogP contribution in [0.1, 0.15) is 16.1 Å². The number of amides is 1. The second kappa shape index (κ2) is 4.10. The van der Waals surface area contributed by atoms with Gasteiger partial charge in [-0.1, -0.05) is 29.8 Å². The van der Waals surface area contributed by atoms with Crippen LogP contribution in [0.15, 0.2) is 36.7 Å². The zero-order valence-electron chi connectivity index (χ0n) is 8.84. The van der Waals surface area contributed by atoms with Gasteiger partial charge in [0.15, 0.2) is 0 Å². The first-order valence-corrected chi connectivity index (χ1v) is 4.86. The van der Waals surface area contributed by atoms with E-state index in [9.17, 15) is 4.79 Å². The third kappa shape index (κ3) is 2.06. The van der Waals surface area contributed by atoms with E-state index < -0.39 is 5.91 Å². The molecule has 80 valence electrons. The summed E-state index contributed by atoms with van der Waals surface area (Å²) in [6.45, 7) is 2.01. The van der Waals surface area contributed by atoms with Crippen molar-refractivity contribution in [2.45, 2.75) is 6.92 Å². The van der Waals surface area contributed by atoms with Crippen LogP contribution in [0.3, 0.4) is 0 Å². The minimum Gasteiger partial charge on any atom is -0.364 e. The molecule has 0 atom stereocenters. The second-order valence-corrected chi connectivity index (χ2v) is 3.52. The summed E-state index contributed by atoms with van der Waals surface area (Å²) in [5, 5.41) is 0. The van der Waals surface area contributed by atoms with Crippen molar-refractivity contribution >= 4 is 5.91 Å². The van der Waals surface area contributed by atoms with Crippen molar-refractivity contribution in [3.8, 4) is 11.3 Å². The first-order valence-electron chi connectivity index (χ1n) is 4.86. The van der Waals surface area contributed by atoms with Gasteiger partial charge < -0.3 is 5.73 Å². The normalized spacial score (nSPS) is 10.1. The van der Waals surface area contributed by atoms with E-state index in [1.165, 1.54) is 11.8 Å². The Kier molecular flexibility index (Phi) is 2.64. The fourth-order valence-electron chi connectivity index (χ4n) is 1.35. The number of carbonyl (C=O) groups excluding carboxylic acids is 1. The minimum absolute atomic E-state index is 0.179. The molecule has 0 saturated carbocycles. The van der Waals surface area contributed by atoms with Gasteiger partial charge >= 0.3 is 0 Å². The number of rotatable bonds is 2. The number of benzene rings is 1. The molecule has 0 fully saturated rings. The van der Waals surface area contributed by atoms with Crippen LogP contribution in [0.2, 0.25) is 0 Å². The van der Waals surface area contributed by atoms with E-state index in [4.69, 9.17) is 5.73 Å². The van der Waals surface area contributed by atoms with Crippen molar-refractivity contribution in [3.63, 3.8) is 0 Å². The number of primary amides is 1. The van der Waals surface area contributed by atoms with Crippen molar-refractivity contribution in [2.75, 3.05) is 0 Å². The lowest BCUT2D eigenvalue weighted by atomic mass is 10.1. The van der Waals surface area contributed by atoms with Crippen LogP contribution in [-0.2, 0) is 0 Å². The summed E-state index contributed by atoms with van der Waals surface area (Å²) in [6, 6.07) is 7.83. The molecular formula is C12H11N3O. The summed E-state index contributed by atoms with van der Waals surface area (Å²) < 4.78 is 0. The highest BCUT2D eigenvalue weighted by Crippen LogP contribution is 2.16. The van der Waals surface area contributed by atoms with Crippen molar-refractivity contribution in [1.82, 2.24) is 9.97 Å². The largest absolute Gasteiger partial charge is 0.364 e. The van der Waals surface area contributed by atoms with E-state index in [2.05, 4.69) is 9.97 Å². The summed E-state index contributed by atoms with van der Waals surface area (Å²) in [5.41, 5.74) is 8.06. The SMILES string of the molecule is Cc1ccc(-c2cncc(C(N)=O)n2)cc1. The molecule has 1 aromatic carbocycles. The number of aromatic nitrogens is 2. The number of hydrogen-bond donors (Lipinski definition) is 1. The Morgan fingerprint density at radius 2 is 1.88 bits per heavy atom. The molecule has 1 amide bonds. The van der Waals surface area contributed by atoms with Crippen molar-refractivity contribution < 1.29 is 4.79 Å². The molecule has 16 heavy (non-hydrogen) atoms. The van der Waals surface area contributed by atoms with E-state index in [1.807, 2.05) is 31.2 Å². The third-order valence-electron chi connectivity index (χ3n) is 2.23. The van der Waals surface area contributed by atoms with Crippen LogP contribution in [0.5, 0.6) is 0 Å². The molecule has 0 aliphatic heterocycles. The molecule has 2 aromatic rings. The summed E-state index contributed by atoms with van der Waals surface area (Å²) in [4.78, 5) is 19.0. The zero-order chi connectivity index (χ0) is 11.5. The van der Waals surface area contributed by atoms with Gasteiger partial charge in [-0.3, -0.25) is 9.78 Å². The maximum atomic E-state index is 11.0. The van der Waals surface area contributed by atoms with Crippen LogP contribution < -0.4 is 5.73 Å². The van der Waals surface area contributed by atoms with E-state index in [-0.39, 0.29) is 5.69 Å². The van der Waals surface area contributed by atoms with E-state index >= 15 is 0 Å². The number of hydrogen-bond acceptors (Lipinski definition) is 3. The molecule has 2 N–H and O–H groups in total. The van der Waals surface area contributed by atoms with Gasteiger partial charge in [-0.25, -0.2) is 4.98 Å². The molecule has 0 saturated heterocycles. The molecule has 0 aliphatic rings. The predicted molar refractivity (Wildman–Crippen MR) is 60.7 cm³/mol. The zero-order valence-corrected chi connectivity index (χ0v) is 8.84. The first-order chi connectivity index (χ1) is 7.66. The van der Waals surface area contributed by atoms with Gasteiger partial charge in [-0.05, 0) is 6.92 Å². The predicted octanol–water partition coefficient (Wildman–Crippen LogP) is 1.55. The fourth-order valence-corrected chi connectivity index (χ4v) is 1.35. The summed E-state index contributed by atoms with van der Waals surface area (Å²) in [6.07, 6.45) is 2.97. The molecule has 0 spiro atoms. The molecule has 0 bridgehead atoms. The lowest BCUT2D eigenvalue weighted by Crippen LogP contribution is -2.13. The van der Waals surface area contributed by atoms with Gasteiger partial charge in [0, 0.05) is 5.56 Å². The summed E-state index contributed by atoms with van der Waals surface area (Å²) in [5.74, 6) is -0.568. The van der Waals surface area contributed by atoms with Gasteiger partial charge in [0.1, 0.15) is 5.69 Å². The fraction of sp³-hybridized carbons (Fsp3) is 0.0833. The van der Waals surface area contributed by atoms with Crippen LogP contribution >= 0.6 is 0 Å². The topological polar surface area (TPSA) is 68.9 Å². The Balaban J connectivity index is 2.44. The third-order valence-corrected chi connectivity index (χ3v) is 2.23. The maximum absolute atomic E-state index is 11.0. The standard InChI is InChI=1S/C12H11N3O/c1-8-2-4-9(5-3-8)10-6-14-7-11(15-10)12(13)16/h2-7H,1H3,(H2,13,16). The Bertz CT molecular complexity index is 520. The average Bonchev–Trinajstić information content (AvgIpc) is 2.30. The van der Waals surface area contributed by atoms with Gasteiger partial charge in [0.05, 0.1) is 18.1 Å². The highest BCUT2D eigenvalue weighted by molar-refractivity contribution is 5.90. The molecule has 0 aliphatic carbocycles. The lowest BCUT2D eigenvalue weighted by Gasteiger charge is -2.02. The van der Waals surface area contributed by atoms with Gasteiger partial charge in [0.2, 0.25) is 0 Å². The molecule has 4 nitrogen and oxygen atoms in total. The molecule has 1 aromatic heterocycles. The second-order valence-electron chi connectivity index (χ2n) is 3.52. The van der Waals surface area contributed by atoms with Gasteiger partial charge in [-0.15, -0.1) is 0 Å². The van der Waals surface area contributed by atoms with E-state index in [0.29, 0.717) is 5.69 Å². The van der Waals surface area contributed by atoms with Crippen LogP contribution in [0.4, 0.5) is 0 Å². The number of nitrogens with two attached hydrogens (primary N) is 1. The molecule has 0 unspecified atom stereocenters. The highest BCUT2D eigenvalue weighted by atomic mass is 16.1. The van der Waals surface area contributed by atoms with Gasteiger partial charge in [-0.2, -0.15) is 0 Å². The van der Waals surface area contributed by atoms with Crippen molar-refractivity contribution in [3.05, 3.63) is 47.9 Å². The Morgan fingerprint density at radius 1 is 1.19 bits per heavy atom. The van der Waals surface area contributed by atoms with Crippen molar-refractivity contribution in [2.24, 2.45) is 5.73 Å². The quantitative estimate of drug-likeness (QED) is 0.822. The minimum atomic E-state index is -0.568. The summed E-state index contributed by atoms with van der Waals surface area (Å²) in [7, 11) is 0. The lowest BCUT2D eigenvalue weighted by molar-refractivity contribution is 0.0995. The van der Waals surface area contributed by atoms with Gasteiger partial charge in [0.25, 0.3) is 5.91 Å². The van der Waals surface area contributed by atoms with Crippen LogP contribution in [0, 0.1) is 6.92 Å². The molecule has 2 rings (SSSR count). The van der Waals surface area contributed by atoms with Crippen molar-refractivity contribution in [1.29, 1.82) is 0 Å². The smallest absolute Gasteiger partial charge is 0.268 e. The molecule has 0 radical (unpaired) electrons. The van der Waals surface area contributed by atoms with Crippen LogP contribution in [-0.4, -0.2) is 15.9 Å². The summed E-state index contributed by atoms with van der Waals surface area (Å²) >= 11 is 0. The first kappa shape index (κ1) is 10.3. The Labute approximate surface area is 93.2 Å². The number of carbonyl (C=O) groups is 1. The maximum Gasteiger partial charge on any atom is 0.268 e. The Morgan fingerprint density at radius 3 is 2.50 bits per heavy atom. The highest BCUT2D eigenvalue weighted by Gasteiger charge is 2.05. The number of aryl methyl sites for hydroxylation is 1. The molecule has 1 heterocycles. The molecular weight excluding hydrogens is 202 g/mol. The van der Waals surface area contributed by atoms with E-state index in [0.717, 1.165) is 5.56 Å². The number of nitrogens with zero attached hydrogens (tertiary/aromatic N) is 2.